The molecular formula is C19H25FN6O3. The Bertz CT molecular complexity index is 907. The van der Waals surface area contributed by atoms with Crippen LogP contribution in [0.1, 0.15) is 35.9 Å². The number of hydrogen-bond donors (Lipinski definition) is 1. The van der Waals surface area contributed by atoms with Crippen LogP contribution in [0.3, 0.4) is 0 Å². The SMILES string of the molecule is CCN1CCN(c2ccc(F)cc2[C@@H](C)NC(=O)c2nn(C)cc2[N+](=O)[O-])CC1. The number of anilines is 1. The number of likely N-dealkylation sites (N-methyl/N-ethyl adjacent to an activating group) is 1. The van der Waals surface area contributed by atoms with E-state index in [1.807, 2.05) is 0 Å². The van der Waals surface area contributed by atoms with Crippen LogP contribution in [0, 0.1) is 15.9 Å². The third kappa shape index (κ3) is 4.53. The van der Waals surface area contributed by atoms with Gasteiger partial charge < -0.3 is 15.1 Å². The first-order chi connectivity index (χ1) is 13.8. The van der Waals surface area contributed by atoms with Crippen LogP contribution in [0.15, 0.2) is 24.4 Å². The molecule has 156 valence electrons. The standard InChI is InChI=1S/C19H25FN6O3/c1-4-24-7-9-25(10-8-24)16-6-5-14(20)11-15(16)13(2)21-19(27)18-17(26(28)29)12-23(3)22-18/h5-6,11-13H,4,7-10H2,1-3H3,(H,21,27)/t13-/m1/s1. The maximum absolute atomic E-state index is 14.0. The summed E-state index contributed by atoms with van der Waals surface area (Å²) in [5.41, 5.74) is 0.846. The lowest BCUT2D eigenvalue weighted by Crippen LogP contribution is -2.46. The average molecular weight is 404 g/mol. The van der Waals surface area contributed by atoms with Gasteiger partial charge in [0.05, 0.1) is 11.0 Å². The van der Waals surface area contributed by atoms with Crippen molar-refractivity contribution in [2.24, 2.45) is 7.05 Å². The van der Waals surface area contributed by atoms with Gasteiger partial charge in [-0.3, -0.25) is 19.6 Å². The highest BCUT2D eigenvalue weighted by molar-refractivity contribution is 5.96. The second kappa shape index (κ2) is 8.56. The molecule has 3 rings (SSSR count). The number of aryl methyl sites for hydroxylation is 1. The minimum Gasteiger partial charge on any atom is -0.369 e. The number of rotatable bonds is 6. The molecule has 0 radical (unpaired) electrons. The zero-order valence-corrected chi connectivity index (χ0v) is 16.8. The molecule has 2 aromatic rings. The first kappa shape index (κ1) is 20.7. The van der Waals surface area contributed by atoms with Gasteiger partial charge in [-0.15, -0.1) is 0 Å². The fourth-order valence-corrected chi connectivity index (χ4v) is 3.58. The molecule has 0 saturated carbocycles. The van der Waals surface area contributed by atoms with Crippen molar-refractivity contribution in [3.05, 3.63) is 51.6 Å². The molecule has 29 heavy (non-hydrogen) atoms. The van der Waals surface area contributed by atoms with E-state index in [4.69, 9.17) is 0 Å². The lowest BCUT2D eigenvalue weighted by Gasteiger charge is -2.37. The maximum atomic E-state index is 14.0. The Morgan fingerprint density at radius 3 is 2.66 bits per heavy atom. The zero-order valence-electron chi connectivity index (χ0n) is 16.8. The lowest BCUT2D eigenvalue weighted by molar-refractivity contribution is -0.385. The highest BCUT2D eigenvalue weighted by Gasteiger charge is 2.27. The Morgan fingerprint density at radius 2 is 2.03 bits per heavy atom. The van der Waals surface area contributed by atoms with Gasteiger partial charge in [0.2, 0.25) is 5.69 Å². The number of piperazine rings is 1. The fraction of sp³-hybridized carbons (Fsp3) is 0.474. The number of amides is 1. The van der Waals surface area contributed by atoms with Crippen molar-refractivity contribution >= 4 is 17.3 Å². The number of aromatic nitrogens is 2. The molecular weight excluding hydrogens is 379 g/mol. The minimum atomic E-state index is -0.671. The molecule has 1 atom stereocenters. The average Bonchev–Trinajstić information content (AvgIpc) is 3.10. The summed E-state index contributed by atoms with van der Waals surface area (Å²) in [5, 5.41) is 17.8. The summed E-state index contributed by atoms with van der Waals surface area (Å²) < 4.78 is 15.2. The van der Waals surface area contributed by atoms with Gasteiger partial charge in [0, 0.05) is 44.5 Å². The number of nitrogens with zero attached hydrogens (tertiary/aromatic N) is 5. The van der Waals surface area contributed by atoms with Crippen LogP contribution in [0.2, 0.25) is 0 Å². The quantitative estimate of drug-likeness (QED) is 0.585. The smallest absolute Gasteiger partial charge is 0.320 e. The van der Waals surface area contributed by atoms with Gasteiger partial charge in [0.25, 0.3) is 5.91 Å². The van der Waals surface area contributed by atoms with Crippen LogP contribution in [0.25, 0.3) is 0 Å². The number of nitro groups is 1. The third-order valence-corrected chi connectivity index (χ3v) is 5.19. The van der Waals surface area contributed by atoms with Gasteiger partial charge in [-0.2, -0.15) is 5.10 Å². The van der Waals surface area contributed by atoms with Crippen molar-refractivity contribution in [1.29, 1.82) is 0 Å². The molecule has 1 aromatic carbocycles. The van der Waals surface area contributed by atoms with Gasteiger partial charge in [-0.1, -0.05) is 6.92 Å². The van der Waals surface area contributed by atoms with Crippen molar-refractivity contribution in [2.45, 2.75) is 19.9 Å². The van der Waals surface area contributed by atoms with E-state index in [0.29, 0.717) is 5.56 Å². The third-order valence-electron chi connectivity index (χ3n) is 5.19. The van der Waals surface area contributed by atoms with Gasteiger partial charge in [0.1, 0.15) is 12.0 Å². The van der Waals surface area contributed by atoms with E-state index < -0.39 is 22.7 Å². The Balaban J connectivity index is 1.82. The summed E-state index contributed by atoms with van der Waals surface area (Å²) in [6.45, 7) is 8.26. The second-order valence-electron chi connectivity index (χ2n) is 7.11. The molecule has 2 heterocycles. The molecule has 1 amide bonds. The predicted octanol–water partition coefficient (Wildman–Crippen LogP) is 2.10. The Kier molecular flexibility index (Phi) is 6.12. The second-order valence-corrected chi connectivity index (χ2v) is 7.11. The summed E-state index contributed by atoms with van der Waals surface area (Å²) in [7, 11) is 1.51. The van der Waals surface area contributed by atoms with Crippen LogP contribution in [-0.2, 0) is 7.05 Å². The molecule has 1 N–H and O–H groups in total. The molecule has 1 aromatic heterocycles. The summed E-state index contributed by atoms with van der Waals surface area (Å²) in [4.78, 5) is 27.6. The first-order valence-electron chi connectivity index (χ1n) is 9.55. The molecule has 10 heteroatoms. The van der Waals surface area contributed by atoms with Gasteiger partial charge >= 0.3 is 5.69 Å². The van der Waals surface area contributed by atoms with Crippen LogP contribution in [0.4, 0.5) is 15.8 Å². The lowest BCUT2D eigenvalue weighted by atomic mass is 10.0. The van der Waals surface area contributed by atoms with E-state index >= 15 is 0 Å². The van der Waals surface area contributed by atoms with Gasteiger partial charge in [-0.05, 0) is 31.7 Å². The van der Waals surface area contributed by atoms with Crippen molar-refractivity contribution in [3.63, 3.8) is 0 Å². The first-order valence-corrected chi connectivity index (χ1v) is 9.55. The zero-order chi connectivity index (χ0) is 21.1. The summed E-state index contributed by atoms with van der Waals surface area (Å²) in [6, 6.07) is 3.97. The van der Waals surface area contributed by atoms with E-state index in [1.54, 1.807) is 13.0 Å². The minimum absolute atomic E-state index is 0.265. The Labute approximate surface area is 168 Å². The molecule has 0 aliphatic carbocycles. The van der Waals surface area contributed by atoms with Gasteiger partial charge in [0.15, 0.2) is 0 Å². The number of hydrogen-bond acceptors (Lipinski definition) is 6. The highest BCUT2D eigenvalue weighted by Crippen LogP contribution is 2.29. The number of halogens is 1. The van der Waals surface area contributed by atoms with E-state index in [2.05, 4.69) is 27.1 Å². The van der Waals surface area contributed by atoms with Crippen molar-refractivity contribution in [3.8, 4) is 0 Å². The summed E-state index contributed by atoms with van der Waals surface area (Å²) >= 11 is 0. The largest absolute Gasteiger partial charge is 0.369 e. The van der Waals surface area contributed by atoms with Crippen molar-refractivity contribution < 1.29 is 14.1 Å². The van der Waals surface area contributed by atoms with Crippen LogP contribution < -0.4 is 10.2 Å². The number of benzene rings is 1. The predicted molar refractivity (Wildman–Crippen MR) is 106 cm³/mol. The maximum Gasteiger partial charge on any atom is 0.320 e. The molecule has 0 spiro atoms. The molecule has 9 nitrogen and oxygen atoms in total. The molecule has 0 unspecified atom stereocenters. The van der Waals surface area contributed by atoms with Crippen molar-refractivity contribution in [2.75, 3.05) is 37.6 Å². The van der Waals surface area contributed by atoms with Crippen LogP contribution >= 0.6 is 0 Å². The molecule has 0 bridgehead atoms. The van der Waals surface area contributed by atoms with E-state index in [0.717, 1.165) is 38.4 Å². The van der Waals surface area contributed by atoms with E-state index in [-0.39, 0.29) is 11.4 Å². The summed E-state index contributed by atoms with van der Waals surface area (Å²) in [5.74, 6) is -1.07. The Morgan fingerprint density at radius 1 is 1.34 bits per heavy atom. The van der Waals surface area contributed by atoms with E-state index in [9.17, 15) is 19.3 Å². The Hall–Kier alpha value is -3.01. The van der Waals surface area contributed by atoms with Crippen LogP contribution in [0.5, 0.6) is 0 Å². The highest BCUT2D eigenvalue weighted by atomic mass is 19.1. The summed E-state index contributed by atoms with van der Waals surface area (Å²) in [6.07, 6.45) is 1.18. The topological polar surface area (TPSA) is 96.5 Å². The van der Waals surface area contributed by atoms with Crippen LogP contribution in [-0.4, -0.2) is 58.2 Å². The monoisotopic (exact) mass is 404 g/mol. The molecule has 1 aliphatic rings. The van der Waals surface area contributed by atoms with E-state index in [1.165, 1.54) is 30.1 Å². The van der Waals surface area contributed by atoms with Gasteiger partial charge in [-0.25, -0.2) is 4.39 Å². The fourth-order valence-electron chi connectivity index (χ4n) is 3.58. The normalized spacial score (nSPS) is 15.9. The molecule has 1 aliphatic heterocycles. The molecule has 1 fully saturated rings. The number of nitrogens with one attached hydrogen (secondary N) is 1. The number of carbonyl (C=O) groups excluding carboxylic acids is 1. The molecule has 1 saturated heterocycles. The van der Waals surface area contributed by atoms with Crippen molar-refractivity contribution in [1.82, 2.24) is 20.0 Å². The number of carbonyl (C=O) groups is 1.